The summed E-state index contributed by atoms with van der Waals surface area (Å²) in [4.78, 5) is 11.7. The number of carbonyl (C=O) groups excluding carboxylic acids is 1. The van der Waals surface area contributed by atoms with Crippen LogP contribution in [0.5, 0.6) is 0 Å². The van der Waals surface area contributed by atoms with E-state index in [4.69, 9.17) is 5.11 Å². The van der Waals surface area contributed by atoms with Crippen molar-refractivity contribution in [2.45, 2.75) is 18.4 Å². The summed E-state index contributed by atoms with van der Waals surface area (Å²) in [5, 5.41) is 11.9. The van der Waals surface area contributed by atoms with Crippen molar-refractivity contribution in [3.05, 3.63) is 34.3 Å². The largest absolute Gasteiger partial charge is 0.394 e. The van der Waals surface area contributed by atoms with Gasteiger partial charge in [0.1, 0.15) is 0 Å². The highest BCUT2D eigenvalue weighted by atomic mass is 79.9. The molecule has 0 saturated heterocycles. The predicted octanol–water partition coefficient (Wildman–Crippen LogP) is 1.70. The average molecular weight is 270 g/mol. The minimum absolute atomic E-state index is 0.0231. The van der Waals surface area contributed by atoms with Gasteiger partial charge in [0, 0.05) is 10.0 Å². The van der Waals surface area contributed by atoms with Crippen LogP contribution < -0.4 is 5.32 Å². The molecular weight excluding hydrogens is 258 g/mol. The van der Waals surface area contributed by atoms with Crippen LogP contribution in [0.3, 0.4) is 0 Å². The zero-order valence-electron chi connectivity index (χ0n) is 8.16. The van der Waals surface area contributed by atoms with E-state index in [1.54, 1.807) is 12.1 Å². The van der Waals surface area contributed by atoms with Crippen molar-refractivity contribution in [2.24, 2.45) is 0 Å². The van der Waals surface area contributed by atoms with Crippen LogP contribution in [-0.2, 0) is 0 Å². The SMILES string of the molecule is O=C(NC1(CO)CC1)c1ccc(Br)cc1. The monoisotopic (exact) mass is 269 g/mol. The highest BCUT2D eigenvalue weighted by Crippen LogP contribution is 2.34. The molecule has 0 spiro atoms. The van der Waals surface area contributed by atoms with Gasteiger partial charge in [0.15, 0.2) is 0 Å². The van der Waals surface area contributed by atoms with E-state index in [1.807, 2.05) is 12.1 Å². The van der Waals surface area contributed by atoms with Gasteiger partial charge in [0.25, 0.3) is 5.91 Å². The van der Waals surface area contributed by atoms with Gasteiger partial charge in [-0.3, -0.25) is 4.79 Å². The molecule has 0 bridgehead atoms. The van der Waals surface area contributed by atoms with Crippen molar-refractivity contribution < 1.29 is 9.90 Å². The van der Waals surface area contributed by atoms with Crippen molar-refractivity contribution in [2.75, 3.05) is 6.61 Å². The minimum atomic E-state index is -0.343. The molecule has 0 unspecified atom stereocenters. The first-order chi connectivity index (χ1) is 7.15. The Hall–Kier alpha value is -0.870. The first-order valence-electron chi connectivity index (χ1n) is 4.84. The first-order valence-corrected chi connectivity index (χ1v) is 5.63. The number of hydrogen-bond donors (Lipinski definition) is 2. The second-order valence-electron chi connectivity index (χ2n) is 3.90. The molecule has 1 aliphatic carbocycles. The Morgan fingerprint density at radius 2 is 2.00 bits per heavy atom. The van der Waals surface area contributed by atoms with Gasteiger partial charge in [-0.05, 0) is 37.1 Å². The summed E-state index contributed by atoms with van der Waals surface area (Å²) in [5.41, 5.74) is 0.280. The molecule has 4 heteroatoms. The van der Waals surface area contributed by atoms with Gasteiger partial charge >= 0.3 is 0 Å². The lowest BCUT2D eigenvalue weighted by Gasteiger charge is -2.14. The molecule has 0 radical (unpaired) electrons. The summed E-state index contributed by atoms with van der Waals surface area (Å²) in [6, 6.07) is 7.17. The molecule has 0 aromatic heterocycles. The van der Waals surface area contributed by atoms with E-state index in [9.17, 15) is 4.79 Å². The third-order valence-corrected chi connectivity index (χ3v) is 3.17. The van der Waals surface area contributed by atoms with E-state index in [1.165, 1.54) is 0 Å². The summed E-state index contributed by atoms with van der Waals surface area (Å²) in [6.45, 7) is 0.0231. The number of halogens is 1. The number of hydrogen-bond acceptors (Lipinski definition) is 2. The number of aliphatic hydroxyl groups is 1. The van der Waals surface area contributed by atoms with Crippen LogP contribution in [0.25, 0.3) is 0 Å². The van der Waals surface area contributed by atoms with Crippen molar-refractivity contribution in [3.8, 4) is 0 Å². The topological polar surface area (TPSA) is 49.3 Å². The second kappa shape index (κ2) is 3.94. The summed E-state index contributed by atoms with van der Waals surface area (Å²) in [6.07, 6.45) is 1.73. The zero-order valence-corrected chi connectivity index (χ0v) is 9.75. The van der Waals surface area contributed by atoms with Crippen molar-refractivity contribution in [1.29, 1.82) is 0 Å². The first kappa shape index (κ1) is 10.6. The van der Waals surface area contributed by atoms with E-state index in [0.29, 0.717) is 5.56 Å². The van der Waals surface area contributed by atoms with Gasteiger partial charge in [-0.25, -0.2) is 0 Å². The third-order valence-electron chi connectivity index (χ3n) is 2.64. The molecule has 2 N–H and O–H groups in total. The summed E-state index contributed by atoms with van der Waals surface area (Å²) < 4.78 is 0.947. The molecule has 3 nitrogen and oxygen atoms in total. The van der Waals surface area contributed by atoms with Crippen molar-refractivity contribution in [3.63, 3.8) is 0 Å². The molecule has 1 aromatic carbocycles. The van der Waals surface area contributed by atoms with Crippen molar-refractivity contribution >= 4 is 21.8 Å². The second-order valence-corrected chi connectivity index (χ2v) is 4.82. The van der Waals surface area contributed by atoms with Crippen LogP contribution in [0.1, 0.15) is 23.2 Å². The Bertz CT molecular complexity index is 371. The van der Waals surface area contributed by atoms with E-state index in [0.717, 1.165) is 17.3 Å². The van der Waals surface area contributed by atoms with Gasteiger partial charge in [-0.15, -0.1) is 0 Å². The lowest BCUT2D eigenvalue weighted by atomic mass is 10.2. The molecular formula is C11H12BrNO2. The average Bonchev–Trinajstić information content (AvgIpc) is 2.99. The normalized spacial score (nSPS) is 17.2. The van der Waals surface area contributed by atoms with Gasteiger partial charge in [-0.1, -0.05) is 15.9 Å². The zero-order chi connectivity index (χ0) is 10.9. The van der Waals surface area contributed by atoms with Gasteiger partial charge in [0.2, 0.25) is 0 Å². The van der Waals surface area contributed by atoms with E-state index >= 15 is 0 Å². The molecule has 1 aliphatic rings. The molecule has 1 amide bonds. The molecule has 80 valence electrons. The fourth-order valence-electron chi connectivity index (χ4n) is 1.39. The maximum atomic E-state index is 11.7. The fourth-order valence-corrected chi connectivity index (χ4v) is 1.65. The molecule has 1 saturated carbocycles. The van der Waals surface area contributed by atoms with E-state index in [-0.39, 0.29) is 18.1 Å². The lowest BCUT2D eigenvalue weighted by Crippen LogP contribution is -2.39. The molecule has 15 heavy (non-hydrogen) atoms. The predicted molar refractivity (Wildman–Crippen MR) is 60.7 cm³/mol. The van der Waals surface area contributed by atoms with Crippen LogP contribution >= 0.6 is 15.9 Å². The Labute approximate surface area is 96.6 Å². The van der Waals surface area contributed by atoms with Gasteiger partial charge < -0.3 is 10.4 Å². The number of amides is 1. The smallest absolute Gasteiger partial charge is 0.251 e. The van der Waals surface area contributed by atoms with Crippen LogP contribution in [0, 0.1) is 0 Å². The molecule has 1 aromatic rings. The number of nitrogens with one attached hydrogen (secondary N) is 1. The quantitative estimate of drug-likeness (QED) is 0.878. The van der Waals surface area contributed by atoms with Gasteiger partial charge in [-0.2, -0.15) is 0 Å². The Balaban J connectivity index is 2.05. The number of rotatable bonds is 3. The van der Waals surface area contributed by atoms with Crippen LogP contribution in [0.2, 0.25) is 0 Å². The Kier molecular flexibility index (Phi) is 2.80. The number of benzene rings is 1. The maximum absolute atomic E-state index is 11.7. The summed E-state index contributed by atoms with van der Waals surface area (Å²) in [7, 11) is 0. The number of aliphatic hydroxyl groups excluding tert-OH is 1. The third kappa shape index (κ3) is 2.38. The Morgan fingerprint density at radius 1 is 1.40 bits per heavy atom. The van der Waals surface area contributed by atoms with Crippen LogP contribution in [-0.4, -0.2) is 23.2 Å². The maximum Gasteiger partial charge on any atom is 0.251 e. The van der Waals surface area contributed by atoms with E-state index < -0.39 is 0 Å². The van der Waals surface area contributed by atoms with Gasteiger partial charge in [0.05, 0.1) is 12.1 Å². The van der Waals surface area contributed by atoms with Crippen molar-refractivity contribution in [1.82, 2.24) is 5.32 Å². The molecule has 2 rings (SSSR count). The molecule has 1 fully saturated rings. The van der Waals surface area contributed by atoms with E-state index in [2.05, 4.69) is 21.2 Å². The van der Waals surface area contributed by atoms with Crippen LogP contribution in [0.15, 0.2) is 28.7 Å². The minimum Gasteiger partial charge on any atom is -0.394 e. The fraction of sp³-hybridized carbons (Fsp3) is 0.364. The number of carbonyl (C=O) groups is 1. The molecule has 0 atom stereocenters. The lowest BCUT2D eigenvalue weighted by molar-refractivity contribution is 0.0907. The highest BCUT2D eigenvalue weighted by Gasteiger charge is 2.43. The summed E-state index contributed by atoms with van der Waals surface area (Å²) in [5.74, 6) is -0.117. The van der Waals surface area contributed by atoms with Crippen LogP contribution in [0.4, 0.5) is 0 Å². The summed E-state index contributed by atoms with van der Waals surface area (Å²) >= 11 is 3.31. The highest BCUT2D eigenvalue weighted by molar-refractivity contribution is 9.10. The molecule has 0 heterocycles. The Morgan fingerprint density at radius 3 is 2.47 bits per heavy atom. The molecule has 0 aliphatic heterocycles. The standard InChI is InChI=1S/C11H12BrNO2/c12-9-3-1-8(2-4-9)10(15)13-11(7-14)5-6-11/h1-4,14H,5-7H2,(H,13,15).